The van der Waals surface area contributed by atoms with Crippen molar-refractivity contribution in [2.24, 2.45) is 11.5 Å². The van der Waals surface area contributed by atoms with Crippen LogP contribution < -0.4 is 22.1 Å². The summed E-state index contributed by atoms with van der Waals surface area (Å²) in [7, 11) is 0. The van der Waals surface area contributed by atoms with Gasteiger partial charge in [-0.05, 0) is 56.4 Å². The third kappa shape index (κ3) is 3.91. The highest BCUT2D eigenvalue weighted by Crippen LogP contribution is 2.40. The molecule has 6 N–H and O–H groups in total. The predicted octanol–water partition coefficient (Wildman–Crippen LogP) is 2.66. The molecule has 2 heterocycles. The van der Waals surface area contributed by atoms with Gasteiger partial charge in [0.25, 0.3) is 24.0 Å². The topological polar surface area (TPSA) is 132 Å². The maximum absolute atomic E-state index is 13.6. The van der Waals surface area contributed by atoms with E-state index in [0.29, 0.717) is 43.5 Å². The number of carbonyl (C=O) groups is 3. The number of alkyl halides is 2. The third-order valence-electron chi connectivity index (χ3n) is 6.38. The first kappa shape index (κ1) is 23.4. The molecule has 1 aliphatic carbocycles. The van der Waals surface area contributed by atoms with Gasteiger partial charge in [0.1, 0.15) is 5.82 Å². The molecule has 2 amide bonds. The summed E-state index contributed by atoms with van der Waals surface area (Å²) >= 11 is 0. The number of carbonyl (C=O) groups excluding carboxylic acids is 3. The van der Waals surface area contributed by atoms with Crippen LogP contribution in [0.5, 0.6) is 0 Å². The summed E-state index contributed by atoms with van der Waals surface area (Å²) in [5.41, 5.74) is 11.1. The van der Waals surface area contributed by atoms with Gasteiger partial charge in [0, 0.05) is 29.8 Å². The number of fused-ring (bicyclic) bond motifs is 1. The van der Waals surface area contributed by atoms with E-state index < -0.39 is 40.9 Å². The molecule has 0 radical (unpaired) electrons. The fourth-order valence-electron chi connectivity index (χ4n) is 4.45. The fraction of sp³-hybridized carbons (Fsp3) is 0.348. The number of hydrogen-bond acceptors (Lipinski definition) is 5. The Kier molecular flexibility index (Phi) is 5.88. The number of amides is 2. The second kappa shape index (κ2) is 8.54. The Hall–Kier alpha value is -3.76. The van der Waals surface area contributed by atoms with Gasteiger partial charge in [-0.1, -0.05) is 0 Å². The monoisotopic (exact) mass is 475 g/mol. The van der Waals surface area contributed by atoms with Crippen molar-refractivity contribution >= 4 is 23.3 Å². The summed E-state index contributed by atoms with van der Waals surface area (Å²) < 4.78 is 41.3. The first-order valence-electron chi connectivity index (χ1n) is 10.7. The number of nitrogens with one attached hydrogen (secondary N) is 2. The first-order chi connectivity index (χ1) is 16.1. The second-order valence-electron chi connectivity index (χ2n) is 8.53. The van der Waals surface area contributed by atoms with Crippen molar-refractivity contribution < 1.29 is 27.6 Å². The molecule has 0 atom stereocenters. The van der Waals surface area contributed by atoms with Gasteiger partial charge in [0.05, 0.1) is 22.4 Å². The lowest BCUT2D eigenvalue weighted by Gasteiger charge is -2.17. The SMILES string of the molecule is Cc1c(C(=O)Nc2ccc(F)c(C(F)F)c2)c2n(c1C(=O)C(=O)NC1(/C(N)=C/N)CC1)CCC2. The summed E-state index contributed by atoms with van der Waals surface area (Å²) in [4.78, 5) is 39.0. The molecule has 4 rings (SSSR count). The third-order valence-corrected chi connectivity index (χ3v) is 6.38. The summed E-state index contributed by atoms with van der Waals surface area (Å²) in [5, 5.41) is 5.15. The van der Waals surface area contributed by atoms with Gasteiger partial charge in [0.15, 0.2) is 0 Å². The largest absolute Gasteiger partial charge is 0.403 e. The Bertz CT molecular complexity index is 1230. The fourth-order valence-corrected chi connectivity index (χ4v) is 4.45. The number of nitrogens with two attached hydrogens (primary N) is 2. The highest BCUT2D eigenvalue weighted by atomic mass is 19.3. The molecule has 11 heteroatoms. The number of nitrogens with zero attached hydrogens (tertiary/aromatic N) is 1. The second-order valence-corrected chi connectivity index (χ2v) is 8.53. The lowest BCUT2D eigenvalue weighted by molar-refractivity contribution is -0.117. The molecular formula is C23H24F3N5O3. The average Bonchev–Trinajstić information content (AvgIpc) is 3.33. The molecule has 0 spiro atoms. The Morgan fingerprint density at radius 2 is 1.94 bits per heavy atom. The molecule has 1 aliphatic heterocycles. The zero-order valence-corrected chi connectivity index (χ0v) is 18.4. The number of benzene rings is 1. The van der Waals surface area contributed by atoms with Gasteiger partial charge in [-0.25, -0.2) is 13.2 Å². The lowest BCUT2D eigenvalue weighted by atomic mass is 10.0. The van der Waals surface area contributed by atoms with Gasteiger partial charge in [-0.15, -0.1) is 0 Å². The van der Waals surface area contributed by atoms with Crippen LogP contribution in [0.15, 0.2) is 30.1 Å². The molecular weight excluding hydrogens is 451 g/mol. The van der Waals surface area contributed by atoms with Gasteiger partial charge < -0.3 is 26.7 Å². The van der Waals surface area contributed by atoms with Crippen molar-refractivity contribution in [1.82, 2.24) is 9.88 Å². The zero-order valence-electron chi connectivity index (χ0n) is 18.4. The summed E-state index contributed by atoms with van der Waals surface area (Å²) in [6.45, 7) is 2.00. The molecule has 0 saturated heterocycles. The van der Waals surface area contributed by atoms with Gasteiger partial charge in [-0.3, -0.25) is 14.4 Å². The molecule has 1 aromatic carbocycles. The van der Waals surface area contributed by atoms with Crippen LogP contribution in [0, 0.1) is 12.7 Å². The minimum atomic E-state index is -3.04. The molecule has 2 aromatic rings. The number of rotatable bonds is 7. The van der Waals surface area contributed by atoms with E-state index in [1.807, 2.05) is 0 Å². The Morgan fingerprint density at radius 3 is 2.56 bits per heavy atom. The summed E-state index contributed by atoms with van der Waals surface area (Å²) in [6, 6.07) is 2.89. The van der Waals surface area contributed by atoms with E-state index >= 15 is 0 Å². The van der Waals surface area contributed by atoms with Crippen LogP contribution in [0.4, 0.5) is 18.9 Å². The van der Waals surface area contributed by atoms with E-state index in [1.165, 1.54) is 12.3 Å². The average molecular weight is 475 g/mol. The minimum absolute atomic E-state index is 0.00983. The summed E-state index contributed by atoms with van der Waals surface area (Å²) in [6.07, 6.45) is 0.423. The standard InChI is InChI=1S/C23H24F3N5O3/c1-11-17(21(33)29-12-4-5-14(24)13(9-12)20(25)26)15-3-2-8-31(15)18(11)19(32)22(34)30-23(6-7-23)16(28)10-27/h4-5,9-10,20H,2-3,6-8,27-28H2,1H3,(H,29,33)(H,30,34)/b16-10-. The molecule has 180 valence electrons. The normalized spacial score (nSPS) is 16.3. The lowest BCUT2D eigenvalue weighted by Crippen LogP contribution is -2.45. The molecule has 0 unspecified atom stereocenters. The van der Waals surface area contributed by atoms with E-state index in [9.17, 15) is 27.6 Å². The molecule has 1 aromatic heterocycles. The number of Topliss-reactive ketones (excluding diaryl/α,β-unsaturated/α-hetero) is 1. The highest BCUT2D eigenvalue weighted by molar-refractivity contribution is 6.43. The number of anilines is 1. The first-order valence-corrected chi connectivity index (χ1v) is 10.7. The van der Waals surface area contributed by atoms with Crippen LogP contribution in [0.1, 0.15) is 63.4 Å². The van der Waals surface area contributed by atoms with E-state index in [1.54, 1.807) is 11.5 Å². The molecule has 0 bridgehead atoms. The minimum Gasteiger partial charge on any atom is -0.403 e. The van der Waals surface area contributed by atoms with Crippen LogP contribution >= 0.6 is 0 Å². The molecule has 8 nitrogen and oxygen atoms in total. The maximum atomic E-state index is 13.6. The maximum Gasteiger partial charge on any atom is 0.294 e. The van der Waals surface area contributed by atoms with Crippen LogP contribution in [0.2, 0.25) is 0 Å². The Morgan fingerprint density at radius 1 is 1.24 bits per heavy atom. The van der Waals surface area contributed by atoms with Crippen molar-refractivity contribution in [3.63, 3.8) is 0 Å². The van der Waals surface area contributed by atoms with Gasteiger partial charge >= 0.3 is 0 Å². The van der Waals surface area contributed by atoms with E-state index in [2.05, 4.69) is 10.6 Å². The van der Waals surface area contributed by atoms with Crippen molar-refractivity contribution in [2.75, 3.05) is 5.32 Å². The quantitative estimate of drug-likeness (QED) is 0.361. The zero-order chi connectivity index (χ0) is 24.8. The van der Waals surface area contributed by atoms with Crippen molar-refractivity contribution in [2.45, 2.75) is 51.1 Å². The summed E-state index contributed by atoms with van der Waals surface area (Å²) in [5.74, 6) is -3.38. The van der Waals surface area contributed by atoms with Crippen LogP contribution in [0.25, 0.3) is 0 Å². The Balaban J connectivity index is 1.63. The Labute approximate surface area is 193 Å². The van der Waals surface area contributed by atoms with E-state index in [-0.39, 0.29) is 22.6 Å². The highest BCUT2D eigenvalue weighted by Gasteiger charge is 2.48. The van der Waals surface area contributed by atoms with Crippen molar-refractivity contribution in [3.05, 3.63) is 64.0 Å². The van der Waals surface area contributed by atoms with Crippen LogP contribution in [-0.4, -0.2) is 27.7 Å². The van der Waals surface area contributed by atoms with Crippen LogP contribution in [0.3, 0.4) is 0 Å². The molecule has 34 heavy (non-hydrogen) atoms. The van der Waals surface area contributed by atoms with Crippen molar-refractivity contribution in [3.8, 4) is 0 Å². The number of aromatic nitrogens is 1. The van der Waals surface area contributed by atoms with Gasteiger partial charge in [0.2, 0.25) is 0 Å². The van der Waals surface area contributed by atoms with E-state index in [0.717, 1.165) is 12.1 Å². The number of hydrogen-bond donors (Lipinski definition) is 4. The molecule has 1 fully saturated rings. The van der Waals surface area contributed by atoms with Crippen LogP contribution in [-0.2, 0) is 17.8 Å². The molecule has 2 aliphatic rings. The number of ketones is 1. The molecule has 1 saturated carbocycles. The predicted molar refractivity (Wildman–Crippen MR) is 118 cm³/mol. The van der Waals surface area contributed by atoms with E-state index in [4.69, 9.17) is 11.5 Å². The van der Waals surface area contributed by atoms with Crippen molar-refractivity contribution in [1.29, 1.82) is 0 Å². The number of halogens is 3. The smallest absolute Gasteiger partial charge is 0.294 e. The van der Waals surface area contributed by atoms with Gasteiger partial charge in [-0.2, -0.15) is 0 Å².